The van der Waals surface area contributed by atoms with Crippen LogP contribution in [0.5, 0.6) is 5.75 Å². The molecule has 1 aromatic carbocycles. The Balaban J connectivity index is 1.66. The normalized spacial score (nSPS) is 16.7. The number of hydrogen-bond donors (Lipinski definition) is 4. The lowest BCUT2D eigenvalue weighted by molar-refractivity contribution is -0.146. The Hall–Kier alpha value is -4.32. The molecule has 12 heteroatoms. The minimum atomic E-state index is -1.39. The molecule has 1 amide bonds. The number of ether oxygens (including phenoxy) is 1. The molecule has 1 fully saturated rings. The Labute approximate surface area is 221 Å². The van der Waals surface area contributed by atoms with Crippen molar-refractivity contribution >= 4 is 34.7 Å². The van der Waals surface area contributed by atoms with Crippen LogP contribution in [-0.2, 0) is 9.59 Å². The van der Waals surface area contributed by atoms with Crippen molar-refractivity contribution in [1.29, 1.82) is 5.53 Å². The van der Waals surface area contributed by atoms with Crippen LogP contribution in [0.3, 0.4) is 0 Å². The highest BCUT2D eigenvalue weighted by molar-refractivity contribution is 5.93. The second-order valence-electron chi connectivity index (χ2n) is 9.43. The van der Waals surface area contributed by atoms with E-state index in [-0.39, 0.29) is 30.1 Å². The quantitative estimate of drug-likeness (QED) is 0.149. The first-order chi connectivity index (χ1) is 18.1. The van der Waals surface area contributed by atoms with Crippen molar-refractivity contribution < 1.29 is 19.4 Å². The van der Waals surface area contributed by atoms with Gasteiger partial charge < -0.3 is 30.7 Å². The van der Waals surface area contributed by atoms with E-state index in [1.54, 1.807) is 35.3 Å². The van der Waals surface area contributed by atoms with Crippen molar-refractivity contribution in [3.05, 3.63) is 54.0 Å². The zero-order chi connectivity index (χ0) is 27.9. The lowest BCUT2D eigenvalue weighted by Gasteiger charge is -2.26. The number of aromatic nitrogens is 2. The topological polar surface area (TPSA) is 170 Å². The zero-order valence-electron chi connectivity index (χ0n) is 22.0. The van der Waals surface area contributed by atoms with E-state index in [4.69, 9.17) is 16.0 Å². The van der Waals surface area contributed by atoms with Crippen LogP contribution in [-0.4, -0.2) is 82.5 Å². The number of hydrogen-bond acceptors (Lipinski definition) is 11. The van der Waals surface area contributed by atoms with Gasteiger partial charge in [-0.1, -0.05) is 18.2 Å². The number of para-hydroxylation sites is 1. The van der Waals surface area contributed by atoms with Crippen LogP contribution in [0.15, 0.2) is 53.4 Å². The van der Waals surface area contributed by atoms with Crippen molar-refractivity contribution in [2.45, 2.75) is 31.9 Å². The number of nitrogens with one attached hydrogen (secondary N) is 2. The first kappa shape index (κ1) is 28.3. The summed E-state index contributed by atoms with van der Waals surface area (Å²) >= 11 is 0. The van der Waals surface area contributed by atoms with Gasteiger partial charge in [-0.25, -0.2) is 15.5 Å². The number of amides is 1. The van der Waals surface area contributed by atoms with Gasteiger partial charge in [0.05, 0.1) is 7.11 Å². The molecule has 1 saturated heterocycles. The van der Waals surface area contributed by atoms with Gasteiger partial charge in [-0.15, -0.1) is 0 Å². The van der Waals surface area contributed by atoms with Gasteiger partial charge in [-0.3, -0.25) is 9.59 Å². The maximum absolute atomic E-state index is 12.3. The summed E-state index contributed by atoms with van der Waals surface area (Å²) in [6.45, 7) is 4.28. The van der Waals surface area contributed by atoms with E-state index >= 15 is 0 Å². The molecule has 3 rings (SSSR count). The number of carbonyl (C=O) groups excluding carboxylic acids is 2. The molecular formula is C26H34N8O4. The molecule has 12 nitrogen and oxygen atoms in total. The molecule has 1 atom stereocenters. The molecule has 202 valence electrons. The summed E-state index contributed by atoms with van der Waals surface area (Å²) < 4.78 is 5.35. The summed E-state index contributed by atoms with van der Waals surface area (Å²) in [6.07, 6.45) is 8.30. The number of nitrogen functional groups attached to an aromatic ring is 1. The van der Waals surface area contributed by atoms with Crippen molar-refractivity contribution in [1.82, 2.24) is 25.1 Å². The number of allylic oxidation sites excluding steroid dienone is 2. The van der Waals surface area contributed by atoms with Crippen LogP contribution >= 0.6 is 0 Å². The molecule has 2 heterocycles. The highest BCUT2D eigenvalue weighted by Gasteiger charge is 2.35. The molecule has 1 aliphatic rings. The molecule has 5 N–H and O–H groups in total. The van der Waals surface area contributed by atoms with Gasteiger partial charge in [-0.05, 0) is 38.6 Å². The van der Waals surface area contributed by atoms with Gasteiger partial charge in [-0.2, -0.15) is 5.11 Å². The van der Waals surface area contributed by atoms with Crippen molar-refractivity contribution in [2.24, 2.45) is 5.11 Å². The third-order valence-corrected chi connectivity index (χ3v) is 6.17. The van der Waals surface area contributed by atoms with Gasteiger partial charge >= 0.3 is 0 Å². The molecule has 1 unspecified atom stereocenters. The molecule has 38 heavy (non-hydrogen) atoms. The number of nitrogens with zero attached hydrogens (tertiary/aromatic N) is 5. The molecule has 0 bridgehead atoms. The van der Waals surface area contributed by atoms with Crippen LogP contribution in [0, 0.1) is 5.53 Å². The lowest BCUT2D eigenvalue weighted by atomic mass is 10.1. The van der Waals surface area contributed by atoms with Gasteiger partial charge in [0.2, 0.25) is 5.95 Å². The monoisotopic (exact) mass is 522 g/mol. The fourth-order valence-corrected chi connectivity index (χ4v) is 4.13. The maximum Gasteiger partial charge on any atom is 0.254 e. The van der Waals surface area contributed by atoms with E-state index in [0.29, 0.717) is 41.0 Å². The van der Waals surface area contributed by atoms with E-state index in [2.05, 4.69) is 20.4 Å². The maximum atomic E-state index is 12.3. The van der Waals surface area contributed by atoms with E-state index in [0.717, 1.165) is 12.7 Å². The smallest absolute Gasteiger partial charge is 0.254 e. The first-order valence-electron chi connectivity index (χ1n) is 12.1. The third-order valence-electron chi connectivity index (χ3n) is 6.17. The number of methoxy groups -OCH3 is 1. The predicted molar refractivity (Wildman–Crippen MR) is 144 cm³/mol. The average molecular weight is 523 g/mol. The Morgan fingerprint density at radius 1 is 1.42 bits per heavy atom. The van der Waals surface area contributed by atoms with Crippen molar-refractivity contribution in [2.75, 3.05) is 39.5 Å². The number of likely N-dealkylation sites (N-methyl/N-ethyl adjacent to an activating group) is 1. The Morgan fingerprint density at radius 3 is 2.84 bits per heavy atom. The zero-order valence-corrected chi connectivity index (χ0v) is 22.0. The Bertz CT molecular complexity index is 1280. The number of benzene rings is 1. The molecule has 1 aromatic heterocycles. The molecule has 0 saturated carbocycles. The molecule has 0 aliphatic carbocycles. The summed E-state index contributed by atoms with van der Waals surface area (Å²) in [5.41, 5.74) is 13.7. The largest absolute Gasteiger partial charge is 0.494 e. The second-order valence-corrected chi connectivity index (χ2v) is 9.43. The van der Waals surface area contributed by atoms with Crippen LogP contribution in [0.2, 0.25) is 0 Å². The van der Waals surface area contributed by atoms with Crippen molar-refractivity contribution in [3.63, 3.8) is 0 Å². The number of nitrogens with two attached hydrogens (primary N) is 1. The Kier molecular flexibility index (Phi) is 9.13. The lowest BCUT2D eigenvalue weighted by Crippen LogP contribution is -2.45. The third kappa shape index (κ3) is 6.71. The van der Waals surface area contributed by atoms with Crippen molar-refractivity contribution in [3.8, 4) is 5.75 Å². The summed E-state index contributed by atoms with van der Waals surface area (Å²) in [5, 5.41) is 17.2. The minimum Gasteiger partial charge on any atom is -0.494 e. The minimum absolute atomic E-state index is 0.0177. The summed E-state index contributed by atoms with van der Waals surface area (Å²) in [6, 6.07) is 5.43. The van der Waals surface area contributed by atoms with Gasteiger partial charge in [0.15, 0.2) is 0 Å². The highest BCUT2D eigenvalue weighted by Crippen LogP contribution is 2.29. The van der Waals surface area contributed by atoms with E-state index in [1.165, 1.54) is 27.2 Å². The van der Waals surface area contributed by atoms with E-state index < -0.39 is 5.60 Å². The standard InChI is InChI=1S/C26H34N8O4/c1-26(2,37)24(36)34-12-10-18(15-34)33(3)11-6-7-17(16-35)13-29-14-20(32-28)22-19-8-5-9-21(38-4)23(19)31-25(27)30-22/h5-9,11,14,16,18,28-29,37H,10,12-13,15H2,1-4H3,(H2,27,30,31)/b11-6-,17-7-,20-14-,32-28?. The SMILES string of the molecule is COc1cccc2c(/C(=C/NC/C(C=O)=C/C=C\N(C)C3CCN(C(=O)C(C)(C)O)C3)N=N)nc(N)nc12. The fourth-order valence-electron chi connectivity index (χ4n) is 4.13. The number of aldehydes is 1. The first-order valence-corrected chi connectivity index (χ1v) is 12.1. The molecule has 0 spiro atoms. The van der Waals surface area contributed by atoms with Gasteiger partial charge in [0.1, 0.15) is 34.5 Å². The van der Waals surface area contributed by atoms with E-state index in [1.807, 2.05) is 18.1 Å². The van der Waals surface area contributed by atoms with Crippen LogP contribution in [0.1, 0.15) is 26.0 Å². The number of rotatable bonds is 11. The van der Waals surface area contributed by atoms with Gasteiger partial charge in [0, 0.05) is 49.9 Å². The molecule has 2 aromatic rings. The number of aliphatic hydroxyl groups is 1. The molecule has 0 radical (unpaired) electrons. The fraction of sp³-hybridized carbons (Fsp3) is 0.385. The summed E-state index contributed by atoms with van der Waals surface area (Å²) in [4.78, 5) is 36.0. The van der Waals surface area contributed by atoms with Crippen LogP contribution in [0.4, 0.5) is 5.95 Å². The summed E-state index contributed by atoms with van der Waals surface area (Å²) in [5.74, 6) is 0.256. The Morgan fingerprint density at radius 2 is 2.18 bits per heavy atom. The highest BCUT2D eigenvalue weighted by atomic mass is 16.5. The number of likely N-dealkylation sites (tertiary alicyclic amines) is 1. The van der Waals surface area contributed by atoms with E-state index in [9.17, 15) is 14.7 Å². The molecule has 1 aliphatic heterocycles. The number of fused-ring (bicyclic) bond motifs is 1. The number of anilines is 1. The van der Waals surface area contributed by atoms with Crippen LogP contribution < -0.4 is 15.8 Å². The van der Waals surface area contributed by atoms with Crippen LogP contribution in [0.25, 0.3) is 16.6 Å². The number of carbonyl (C=O) groups is 2. The average Bonchev–Trinajstić information content (AvgIpc) is 3.38. The second kappa shape index (κ2) is 12.3. The molecular weight excluding hydrogens is 488 g/mol. The van der Waals surface area contributed by atoms with Gasteiger partial charge in [0.25, 0.3) is 5.91 Å². The predicted octanol–water partition coefficient (Wildman–Crippen LogP) is 2.08. The summed E-state index contributed by atoms with van der Waals surface area (Å²) in [7, 11) is 3.43.